The molecule has 8 heteroatoms. The van der Waals surface area contributed by atoms with E-state index < -0.39 is 23.1 Å². The molecule has 1 aliphatic rings. The van der Waals surface area contributed by atoms with Gasteiger partial charge in [0, 0.05) is 19.7 Å². The summed E-state index contributed by atoms with van der Waals surface area (Å²) < 4.78 is 19.7. The molecule has 0 saturated carbocycles. The third-order valence-corrected chi connectivity index (χ3v) is 6.83. The number of nitrogens with zero attached hydrogens (tertiary/aromatic N) is 4. The van der Waals surface area contributed by atoms with Gasteiger partial charge < -0.3 is 9.88 Å². The second-order valence-corrected chi connectivity index (χ2v) is 8.81. The summed E-state index contributed by atoms with van der Waals surface area (Å²) in [4.78, 5) is 26.7. The monoisotopic (exact) mass is 477 g/mol. The number of aryl methyl sites for hydroxylation is 1. The van der Waals surface area contributed by atoms with E-state index in [0.29, 0.717) is 22.5 Å². The summed E-state index contributed by atoms with van der Waals surface area (Å²) in [5.41, 5.74) is 3.63. The zero-order valence-corrected chi connectivity index (χ0v) is 19.5. The Kier molecular flexibility index (Phi) is 4.70. The first-order chi connectivity index (χ1) is 17.4. The summed E-state index contributed by atoms with van der Waals surface area (Å²) >= 11 is 0. The smallest absolute Gasteiger partial charge is 0.331 e. The summed E-state index contributed by atoms with van der Waals surface area (Å²) in [5.74, 6) is -0.471. The molecule has 3 aromatic carbocycles. The lowest BCUT2D eigenvalue weighted by Crippen LogP contribution is -2.37. The van der Waals surface area contributed by atoms with Crippen molar-refractivity contribution in [2.24, 2.45) is 14.1 Å². The number of hydrogen-bond acceptors (Lipinski definition) is 4. The largest absolute Gasteiger partial charge is 0.371 e. The van der Waals surface area contributed by atoms with Gasteiger partial charge in [0.05, 0.1) is 51.3 Å². The van der Waals surface area contributed by atoms with E-state index in [1.807, 2.05) is 41.0 Å². The Morgan fingerprint density at radius 2 is 1.61 bits per heavy atom. The van der Waals surface area contributed by atoms with Crippen LogP contribution in [0.5, 0.6) is 0 Å². The maximum absolute atomic E-state index is 15.3. The van der Waals surface area contributed by atoms with E-state index in [4.69, 9.17) is 0 Å². The minimum absolute atomic E-state index is 0.261. The van der Waals surface area contributed by atoms with Gasteiger partial charge in [0.1, 0.15) is 5.82 Å². The Labute approximate surface area is 204 Å². The first-order valence-electron chi connectivity index (χ1n) is 11.4. The molecule has 3 heterocycles. The van der Waals surface area contributed by atoms with Crippen LogP contribution in [0.15, 0.2) is 82.4 Å². The lowest BCUT2D eigenvalue weighted by molar-refractivity contribution is 0.630. The molecule has 0 radical (unpaired) electrons. The van der Waals surface area contributed by atoms with Crippen molar-refractivity contribution in [3.8, 4) is 23.0 Å². The molecule has 36 heavy (non-hydrogen) atoms. The van der Waals surface area contributed by atoms with Gasteiger partial charge in [0.25, 0.3) is 5.56 Å². The fourth-order valence-electron chi connectivity index (χ4n) is 5.13. The van der Waals surface area contributed by atoms with E-state index in [1.165, 1.54) is 17.7 Å². The highest BCUT2D eigenvalue weighted by Gasteiger charge is 2.35. The fraction of sp³-hybridized carbons (Fsp3) is 0.107. The molecule has 0 bridgehead atoms. The lowest BCUT2D eigenvalue weighted by atomic mass is 9.98. The summed E-state index contributed by atoms with van der Waals surface area (Å²) in [5, 5.41) is 13.1. The van der Waals surface area contributed by atoms with Crippen LogP contribution in [0, 0.1) is 17.1 Å². The van der Waals surface area contributed by atoms with E-state index in [0.717, 1.165) is 21.5 Å². The predicted octanol–water partition coefficient (Wildman–Crippen LogP) is 4.22. The van der Waals surface area contributed by atoms with Gasteiger partial charge in [-0.2, -0.15) is 5.26 Å². The Bertz CT molecular complexity index is 1860. The third-order valence-electron chi connectivity index (χ3n) is 6.83. The number of nitrogens with one attached hydrogen (secondary N) is 1. The van der Waals surface area contributed by atoms with Crippen molar-refractivity contribution in [3.63, 3.8) is 0 Å². The van der Waals surface area contributed by atoms with E-state index in [2.05, 4.69) is 11.4 Å². The van der Waals surface area contributed by atoms with Crippen molar-refractivity contribution in [2.75, 3.05) is 5.32 Å². The molecule has 0 unspecified atom stereocenters. The molecule has 0 aliphatic carbocycles. The number of para-hydroxylation sites is 2. The number of hydrogen-bond donors (Lipinski definition) is 1. The van der Waals surface area contributed by atoms with Crippen molar-refractivity contribution in [1.82, 2.24) is 13.7 Å². The molecule has 0 spiro atoms. The van der Waals surface area contributed by atoms with E-state index >= 15 is 4.39 Å². The molecular weight excluding hydrogens is 457 g/mol. The molecule has 1 N–H and O–H groups in total. The molecule has 2 aromatic heterocycles. The van der Waals surface area contributed by atoms with Crippen molar-refractivity contribution < 1.29 is 4.39 Å². The Balaban J connectivity index is 1.85. The first-order valence-corrected chi connectivity index (χ1v) is 11.4. The summed E-state index contributed by atoms with van der Waals surface area (Å²) in [6, 6.07) is 22.7. The Morgan fingerprint density at radius 3 is 2.33 bits per heavy atom. The summed E-state index contributed by atoms with van der Waals surface area (Å²) in [6.45, 7) is 0. The molecular formula is C28H20FN5O2. The van der Waals surface area contributed by atoms with Gasteiger partial charge in [-0.1, -0.05) is 36.4 Å². The molecule has 176 valence electrons. The number of anilines is 1. The Morgan fingerprint density at radius 1 is 0.917 bits per heavy atom. The number of rotatable bonds is 2. The van der Waals surface area contributed by atoms with E-state index in [-0.39, 0.29) is 10.9 Å². The molecule has 0 amide bonds. The Hall–Kier alpha value is -4.90. The van der Waals surface area contributed by atoms with Crippen LogP contribution < -0.4 is 16.6 Å². The average molecular weight is 477 g/mol. The van der Waals surface area contributed by atoms with Crippen molar-refractivity contribution in [3.05, 3.63) is 116 Å². The summed E-state index contributed by atoms with van der Waals surface area (Å²) in [6.07, 6.45) is 0. The zero-order valence-electron chi connectivity index (χ0n) is 19.5. The molecule has 1 atom stereocenters. The van der Waals surface area contributed by atoms with Crippen LogP contribution in [0.25, 0.3) is 27.8 Å². The average Bonchev–Trinajstić information content (AvgIpc) is 3.27. The van der Waals surface area contributed by atoms with Crippen LogP contribution in [0.3, 0.4) is 0 Å². The van der Waals surface area contributed by atoms with E-state index in [1.54, 1.807) is 37.4 Å². The van der Waals surface area contributed by atoms with Crippen LogP contribution >= 0.6 is 0 Å². The van der Waals surface area contributed by atoms with Gasteiger partial charge in [-0.15, -0.1) is 0 Å². The van der Waals surface area contributed by atoms with Crippen LogP contribution in [0.4, 0.5) is 10.1 Å². The van der Waals surface area contributed by atoms with Gasteiger partial charge in [-0.05, 0) is 42.0 Å². The number of aromatic nitrogens is 3. The van der Waals surface area contributed by atoms with Gasteiger partial charge in [0.15, 0.2) is 0 Å². The number of nitriles is 1. The second-order valence-electron chi connectivity index (χ2n) is 8.81. The molecule has 0 fully saturated rings. The topological polar surface area (TPSA) is 84.8 Å². The minimum atomic E-state index is -0.496. The molecule has 7 nitrogen and oxygen atoms in total. The van der Waals surface area contributed by atoms with Crippen LogP contribution in [0.1, 0.15) is 22.9 Å². The second kappa shape index (κ2) is 7.82. The van der Waals surface area contributed by atoms with Gasteiger partial charge in [-0.25, -0.2) is 9.18 Å². The SMILES string of the molecule is Cn1c(=O)c2c(-c3ccccc3F)n3c(c2n(C)c1=O)[C@H](c1ccc(C#N)cc1)Nc1ccccc1-3. The predicted molar refractivity (Wildman–Crippen MR) is 136 cm³/mol. The molecule has 1 aliphatic heterocycles. The van der Waals surface area contributed by atoms with Crippen LogP contribution in [-0.4, -0.2) is 13.7 Å². The third kappa shape index (κ3) is 2.89. The van der Waals surface area contributed by atoms with Crippen molar-refractivity contribution >= 4 is 16.6 Å². The minimum Gasteiger partial charge on any atom is -0.371 e. The maximum atomic E-state index is 15.3. The molecule has 0 saturated heterocycles. The van der Waals surface area contributed by atoms with Crippen LogP contribution in [0.2, 0.25) is 0 Å². The highest BCUT2D eigenvalue weighted by Crippen LogP contribution is 2.45. The fourth-order valence-corrected chi connectivity index (χ4v) is 5.13. The summed E-state index contributed by atoms with van der Waals surface area (Å²) in [7, 11) is 3.04. The molecule has 5 aromatic rings. The molecule has 6 rings (SSSR count). The van der Waals surface area contributed by atoms with Gasteiger partial charge >= 0.3 is 5.69 Å². The first kappa shape index (κ1) is 21.6. The lowest BCUT2D eigenvalue weighted by Gasteiger charge is -2.31. The number of fused-ring (bicyclic) bond motifs is 5. The zero-order chi connectivity index (χ0) is 25.1. The van der Waals surface area contributed by atoms with Gasteiger partial charge in [-0.3, -0.25) is 13.9 Å². The number of benzene rings is 3. The standard InChI is InChI=1S/C28H20FN5O2/c1-32-25-22(27(35)33(2)28(32)36)24(18-7-3-4-8-19(18)29)34-21-10-6-5-9-20(21)31-23(26(25)34)17-13-11-16(15-30)12-14-17/h3-14,23,31H,1-2H3/t23-/m0/s1. The van der Waals surface area contributed by atoms with E-state index in [9.17, 15) is 14.9 Å². The normalized spacial score (nSPS) is 14.1. The highest BCUT2D eigenvalue weighted by molar-refractivity contribution is 5.99. The highest BCUT2D eigenvalue weighted by atomic mass is 19.1. The quantitative estimate of drug-likeness (QED) is 0.413. The van der Waals surface area contributed by atoms with Crippen molar-refractivity contribution in [2.45, 2.75) is 6.04 Å². The maximum Gasteiger partial charge on any atom is 0.331 e. The van der Waals surface area contributed by atoms with Crippen LogP contribution in [-0.2, 0) is 14.1 Å². The van der Waals surface area contributed by atoms with Gasteiger partial charge in [0.2, 0.25) is 0 Å². The van der Waals surface area contributed by atoms with Crippen molar-refractivity contribution in [1.29, 1.82) is 5.26 Å². The number of halogens is 1.